The molecule has 2 aliphatic carbocycles. The summed E-state index contributed by atoms with van der Waals surface area (Å²) in [5.41, 5.74) is 3.49. The molecule has 0 aromatic heterocycles. The lowest BCUT2D eigenvalue weighted by atomic mass is 9.77. The maximum absolute atomic E-state index is 12.8. The lowest BCUT2D eigenvalue weighted by Crippen LogP contribution is -2.56. The largest absolute Gasteiger partial charge is 0.480 e. The van der Waals surface area contributed by atoms with Crippen molar-refractivity contribution in [2.75, 3.05) is 13.1 Å². The zero-order valence-corrected chi connectivity index (χ0v) is 15.2. The van der Waals surface area contributed by atoms with Gasteiger partial charge in [0.2, 0.25) is 0 Å². The maximum atomic E-state index is 12.8. The number of carbonyl (C=O) groups excluding carboxylic acids is 1. The fourth-order valence-corrected chi connectivity index (χ4v) is 4.10. The first-order valence-electron chi connectivity index (χ1n) is 9.79. The van der Waals surface area contributed by atoms with Gasteiger partial charge in [0.1, 0.15) is 13.1 Å². The van der Waals surface area contributed by atoms with E-state index in [1.807, 2.05) is 55.5 Å². The zero-order valence-electron chi connectivity index (χ0n) is 16.2. The number of carbonyl (C=O) groups is 2. The van der Waals surface area contributed by atoms with Crippen molar-refractivity contribution in [1.29, 1.82) is 0 Å². The third kappa shape index (κ3) is 3.07. The van der Waals surface area contributed by atoms with Gasteiger partial charge >= 0.3 is 12.1 Å². The normalized spacial score (nSPS) is 18.5. The minimum Gasteiger partial charge on any atom is -0.480 e. The number of carboxylic acid groups (broad SMARTS) is 1. The first kappa shape index (κ1) is 16.4. The molecule has 2 aromatic rings. The first-order valence-corrected chi connectivity index (χ1v) is 9.21. The van der Waals surface area contributed by atoms with Crippen molar-refractivity contribution in [2.45, 2.75) is 37.6 Å². The van der Waals surface area contributed by atoms with E-state index in [0.29, 0.717) is 0 Å². The van der Waals surface area contributed by atoms with Crippen LogP contribution in [-0.2, 0) is 9.53 Å². The lowest BCUT2D eigenvalue weighted by Gasteiger charge is -2.46. The van der Waals surface area contributed by atoms with Crippen LogP contribution in [0.2, 0.25) is 0 Å². The predicted molar refractivity (Wildman–Crippen MR) is 102 cm³/mol. The monoisotopic (exact) mass is 366 g/mol. The standard InChI is InChI=1S/C22H23NO4/c1-22(11-6-12-22)23(13-20(24)25)21(26)27-14-19-17-9-4-2-7-15(17)16-8-3-5-10-18(16)19/h2-5,7-10,19H,6,11-14H2,1H3,(H,24,25)/i14D. The molecule has 0 saturated heterocycles. The molecule has 1 atom stereocenters. The summed E-state index contributed by atoms with van der Waals surface area (Å²) in [6, 6.07) is 15.7. The summed E-state index contributed by atoms with van der Waals surface area (Å²) in [7, 11) is 0. The van der Waals surface area contributed by atoms with Gasteiger partial charge in [-0.1, -0.05) is 48.5 Å². The highest BCUT2D eigenvalue weighted by molar-refractivity contribution is 5.80. The van der Waals surface area contributed by atoms with Gasteiger partial charge in [-0.3, -0.25) is 9.69 Å². The Morgan fingerprint density at radius 3 is 2.19 bits per heavy atom. The second kappa shape index (κ2) is 6.72. The van der Waals surface area contributed by atoms with Gasteiger partial charge < -0.3 is 9.84 Å². The second-order valence-electron chi connectivity index (χ2n) is 7.50. The van der Waals surface area contributed by atoms with Crippen molar-refractivity contribution in [2.24, 2.45) is 0 Å². The number of hydrogen-bond donors (Lipinski definition) is 1. The average Bonchev–Trinajstić information content (AvgIpc) is 2.98. The molecule has 0 spiro atoms. The molecule has 2 aliphatic rings. The molecule has 0 bridgehead atoms. The van der Waals surface area contributed by atoms with Crippen LogP contribution < -0.4 is 0 Å². The minimum absolute atomic E-state index is 0.391. The molecule has 1 amide bonds. The van der Waals surface area contributed by atoms with E-state index in [-0.39, 0.29) is 0 Å². The highest BCUT2D eigenvalue weighted by Crippen LogP contribution is 2.45. The molecule has 5 nitrogen and oxygen atoms in total. The van der Waals surface area contributed by atoms with Crippen LogP contribution in [0, 0.1) is 0 Å². The minimum atomic E-state index is -1.16. The van der Waals surface area contributed by atoms with Gasteiger partial charge in [0.05, 0.1) is 1.37 Å². The van der Waals surface area contributed by atoms with E-state index < -0.39 is 36.6 Å². The maximum Gasteiger partial charge on any atom is 0.410 e. The zero-order chi connectivity index (χ0) is 19.9. The number of ether oxygens (including phenoxy) is 1. The molecule has 4 rings (SSSR count). The summed E-state index contributed by atoms with van der Waals surface area (Å²) in [5, 5.41) is 9.23. The Morgan fingerprint density at radius 1 is 1.15 bits per heavy atom. The Bertz CT molecular complexity index is 879. The summed E-state index contributed by atoms with van der Waals surface area (Å²) in [6.07, 6.45) is 1.71. The fourth-order valence-electron chi connectivity index (χ4n) is 4.10. The van der Waals surface area contributed by atoms with E-state index in [1.54, 1.807) is 0 Å². The van der Waals surface area contributed by atoms with Crippen molar-refractivity contribution in [3.8, 4) is 11.1 Å². The molecule has 1 unspecified atom stereocenters. The van der Waals surface area contributed by atoms with E-state index in [1.165, 1.54) is 4.90 Å². The van der Waals surface area contributed by atoms with Crippen molar-refractivity contribution >= 4 is 12.1 Å². The van der Waals surface area contributed by atoms with Crippen molar-refractivity contribution < 1.29 is 20.8 Å². The van der Waals surface area contributed by atoms with E-state index in [2.05, 4.69) is 0 Å². The van der Waals surface area contributed by atoms with E-state index in [9.17, 15) is 14.7 Å². The van der Waals surface area contributed by atoms with Gasteiger partial charge in [-0.05, 0) is 48.4 Å². The SMILES string of the molecule is [2H]C(OC(=O)N(CC(=O)O)C1(C)CCC1)C1c2ccccc2-c2ccccc21. The topological polar surface area (TPSA) is 66.8 Å². The van der Waals surface area contributed by atoms with Crippen LogP contribution in [0.3, 0.4) is 0 Å². The Hall–Kier alpha value is -2.82. The number of carboxylic acids is 1. The smallest absolute Gasteiger partial charge is 0.410 e. The number of amides is 1. The summed E-state index contributed by atoms with van der Waals surface area (Å²) in [5.74, 6) is -1.47. The van der Waals surface area contributed by atoms with Gasteiger partial charge in [-0.25, -0.2) is 4.79 Å². The van der Waals surface area contributed by atoms with E-state index >= 15 is 0 Å². The van der Waals surface area contributed by atoms with Crippen LogP contribution in [-0.4, -0.2) is 40.7 Å². The summed E-state index contributed by atoms with van der Waals surface area (Å²) < 4.78 is 14.1. The molecule has 1 fully saturated rings. The van der Waals surface area contributed by atoms with E-state index in [0.717, 1.165) is 41.5 Å². The second-order valence-corrected chi connectivity index (χ2v) is 7.50. The van der Waals surface area contributed by atoms with Crippen LogP contribution in [0.15, 0.2) is 48.5 Å². The number of aliphatic carboxylic acids is 1. The molecule has 140 valence electrons. The van der Waals surface area contributed by atoms with Crippen LogP contribution in [0.5, 0.6) is 0 Å². The fraction of sp³-hybridized carbons (Fsp3) is 0.364. The molecule has 0 heterocycles. The highest BCUT2D eigenvalue weighted by atomic mass is 16.6. The van der Waals surface area contributed by atoms with Crippen molar-refractivity contribution in [1.82, 2.24) is 4.90 Å². The van der Waals surface area contributed by atoms with Gasteiger partial charge in [-0.2, -0.15) is 0 Å². The molecular formula is C22H23NO4. The summed E-state index contributed by atoms with van der Waals surface area (Å²) >= 11 is 0. The molecule has 0 radical (unpaired) electrons. The van der Waals surface area contributed by atoms with Crippen molar-refractivity contribution in [3.05, 3.63) is 59.7 Å². The van der Waals surface area contributed by atoms with Crippen molar-refractivity contribution in [3.63, 3.8) is 0 Å². The molecular weight excluding hydrogens is 342 g/mol. The quantitative estimate of drug-likeness (QED) is 0.858. The molecule has 27 heavy (non-hydrogen) atoms. The third-order valence-corrected chi connectivity index (χ3v) is 5.78. The van der Waals surface area contributed by atoms with Gasteiger partial charge in [-0.15, -0.1) is 0 Å². The average molecular weight is 366 g/mol. The lowest BCUT2D eigenvalue weighted by molar-refractivity contribution is -0.140. The number of rotatable bonds is 5. The van der Waals surface area contributed by atoms with Crippen LogP contribution in [0.1, 0.15) is 44.6 Å². The number of hydrogen-bond acceptors (Lipinski definition) is 3. The molecule has 1 N–H and O–H groups in total. The number of nitrogens with zero attached hydrogens (tertiary/aromatic N) is 1. The summed E-state index contributed by atoms with van der Waals surface area (Å²) in [4.78, 5) is 25.4. The summed E-state index contributed by atoms with van der Waals surface area (Å²) in [6.45, 7) is 0.303. The Labute approximate surface area is 160 Å². The number of fused-ring (bicyclic) bond motifs is 3. The van der Waals surface area contributed by atoms with Gasteiger partial charge in [0.15, 0.2) is 0 Å². The van der Waals surface area contributed by atoms with Crippen LogP contribution in [0.25, 0.3) is 11.1 Å². The van der Waals surface area contributed by atoms with E-state index in [4.69, 9.17) is 6.11 Å². The Balaban J connectivity index is 1.60. The first-order chi connectivity index (χ1) is 13.4. The van der Waals surface area contributed by atoms with Gasteiger partial charge in [0.25, 0.3) is 0 Å². The molecule has 1 saturated carbocycles. The molecule has 2 aromatic carbocycles. The highest BCUT2D eigenvalue weighted by Gasteiger charge is 2.42. The number of benzene rings is 2. The predicted octanol–water partition coefficient (Wildman–Crippen LogP) is 4.26. The Morgan fingerprint density at radius 2 is 1.70 bits per heavy atom. The van der Waals surface area contributed by atoms with Crippen LogP contribution in [0.4, 0.5) is 4.79 Å². The Kier molecular flexibility index (Phi) is 4.07. The van der Waals surface area contributed by atoms with Crippen LogP contribution >= 0.6 is 0 Å². The third-order valence-electron chi connectivity index (χ3n) is 5.78. The van der Waals surface area contributed by atoms with Gasteiger partial charge in [0, 0.05) is 11.5 Å². The molecule has 0 aliphatic heterocycles. The molecule has 5 heteroatoms.